The van der Waals surface area contributed by atoms with Crippen LogP contribution < -0.4 is 15.0 Å². The summed E-state index contributed by atoms with van der Waals surface area (Å²) >= 11 is 0. The number of carbonyl (C=O) groups is 1. The highest BCUT2D eigenvalue weighted by atomic mass is 19.1. The molecule has 0 radical (unpaired) electrons. The molecule has 1 heterocycles. The van der Waals surface area contributed by atoms with Gasteiger partial charge in [-0.3, -0.25) is 4.79 Å². The van der Waals surface area contributed by atoms with Gasteiger partial charge in [-0.1, -0.05) is 12.6 Å². The van der Waals surface area contributed by atoms with Crippen LogP contribution in [0, 0.1) is 11.6 Å². The van der Waals surface area contributed by atoms with Crippen molar-refractivity contribution in [1.29, 1.82) is 0 Å². The van der Waals surface area contributed by atoms with E-state index < -0.39 is 17.2 Å². The third-order valence-corrected chi connectivity index (χ3v) is 4.87. The number of ether oxygens (including phenoxy) is 2. The predicted molar refractivity (Wildman–Crippen MR) is 109 cm³/mol. The first kappa shape index (κ1) is 20.6. The van der Waals surface area contributed by atoms with E-state index in [1.165, 1.54) is 18.1 Å². The van der Waals surface area contributed by atoms with Crippen molar-refractivity contribution in [3.05, 3.63) is 53.8 Å². The minimum absolute atomic E-state index is 0.0643. The minimum Gasteiger partial charge on any atom is -0.494 e. The Morgan fingerprint density at radius 3 is 2.55 bits per heavy atom. The third-order valence-electron chi connectivity index (χ3n) is 4.87. The summed E-state index contributed by atoms with van der Waals surface area (Å²) in [6.45, 7) is 9.09. The fourth-order valence-electron chi connectivity index (χ4n) is 3.59. The molecule has 0 saturated carbocycles. The molecule has 2 aromatic carbocycles. The van der Waals surface area contributed by atoms with Gasteiger partial charge in [0, 0.05) is 24.2 Å². The van der Waals surface area contributed by atoms with Crippen LogP contribution in [0.1, 0.15) is 26.3 Å². The molecule has 1 aliphatic heterocycles. The number of halogens is 2. The molecule has 0 spiro atoms. The molecule has 0 saturated heterocycles. The molecule has 0 fully saturated rings. The number of nitrogens with one attached hydrogen (secondary N) is 1. The van der Waals surface area contributed by atoms with Crippen molar-refractivity contribution in [2.75, 3.05) is 24.4 Å². The van der Waals surface area contributed by atoms with Crippen molar-refractivity contribution in [2.45, 2.75) is 32.9 Å². The number of hydrogen-bond donors (Lipinski definition) is 1. The molecule has 1 amide bonds. The van der Waals surface area contributed by atoms with Crippen LogP contribution in [-0.4, -0.2) is 25.6 Å². The zero-order valence-corrected chi connectivity index (χ0v) is 17.2. The number of likely N-dealkylation sites (N-methyl/N-ethyl adjacent to an activating group) is 1. The maximum absolute atomic E-state index is 14.3. The van der Waals surface area contributed by atoms with Gasteiger partial charge in [0.25, 0.3) is 5.91 Å². The Morgan fingerprint density at radius 1 is 1.24 bits per heavy atom. The number of methoxy groups -OCH3 is 1. The molecular weight excluding hydrogens is 378 g/mol. The number of allylic oxidation sites excluding steroid dienone is 1. The second-order valence-electron chi connectivity index (χ2n) is 7.56. The van der Waals surface area contributed by atoms with Crippen molar-refractivity contribution in [3.8, 4) is 16.9 Å². The Morgan fingerprint density at radius 2 is 1.93 bits per heavy atom. The van der Waals surface area contributed by atoms with E-state index in [1.807, 2.05) is 0 Å². The summed E-state index contributed by atoms with van der Waals surface area (Å²) in [4.78, 5) is 14.4. The zero-order chi connectivity index (χ0) is 21.5. The highest BCUT2D eigenvalue weighted by molar-refractivity contribution is 6.08. The maximum atomic E-state index is 14.3. The van der Waals surface area contributed by atoms with Gasteiger partial charge in [-0.25, -0.2) is 8.78 Å². The largest absolute Gasteiger partial charge is 0.494 e. The standard InChI is InChI=1S/C22H24F2N2O3/c1-12(2)29-11-16-14(15-9-13(23)10-17(24)20(15)28-6)7-8-18-19(16)26(5)21(27)22(3,4)25-18/h7-10,25H,1,11H2,2-6H3. The monoisotopic (exact) mass is 402 g/mol. The molecule has 0 aliphatic carbocycles. The summed E-state index contributed by atoms with van der Waals surface area (Å²) in [6, 6.07) is 5.49. The fourth-order valence-corrected chi connectivity index (χ4v) is 3.59. The number of carbonyl (C=O) groups excluding carboxylic acids is 1. The van der Waals surface area contributed by atoms with Crippen molar-refractivity contribution >= 4 is 17.3 Å². The van der Waals surface area contributed by atoms with E-state index in [2.05, 4.69) is 11.9 Å². The number of fused-ring (bicyclic) bond motifs is 1. The fraction of sp³-hybridized carbons (Fsp3) is 0.318. The van der Waals surface area contributed by atoms with Crippen LogP contribution in [0.3, 0.4) is 0 Å². The summed E-state index contributed by atoms with van der Waals surface area (Å²) in [6.07, 6.45) is 0. The lowest BCUT2D eigenvalue weighted by atomic mass is 9.91. The first-order chi connectivity index (χ1) is 13.6. The third kappa shape index (κ3) is 3.64. The van der Waals surface area contributed by atoms with Gasteiger partial charge in [-0.15, -0.1) is 0 Å². The first-order valence-electron chi connectivity index (χ1n) is 9.10. The van der Waals surface area contributed by atoms with Gasteiger partial charge in [0.05, 0.1) is 24.2 Å². The number of hydrogen-bond acceptors (Lipinski definition) is 4. The van der Waals surface area contributed by atoms with Crippen LogP contribution in [0.25, 0.3) is 11.1 Å². The molecule has 1 N–H and O–H groups in total. The number of nitrogens with zero attached hydrogens (tertiary/aromatic N) is 1. The summed E-state index contributed by atoms with van der Waals surface area (Å²) in [7, 11) is 2.99. The summed E-state index contributed by atoms with van der Waals surface area (Å²) < 4.78 is 39.2. The van der Waals surface area contributed by atoms with Crippen molar-refractivity contribution in [2.24, 2.45) is 0 Å². The molecule has 154 valence electrons. The smallest absolute Gasteiger partial charge is 0.251 e. The quantitative estimate of drug-likeness (QED) is 0.726. The molecule has 1 aliphatic rings. The summed E-state index contributed by atoms with van der Waals surface area (Å²) in [5.41, 5.74) is 1.84. The molecular formula is C22H24F2N2O3. The van der Waals surface area contributed by atoms with E-state index in [0.717, 1.165) is 11.8 Å². The van der Waals surface area contributed by atoms with Gasteiger partial charge in [-0.2, -0.15) is 0 Å². The lowest BCUT2D eigenvalue weighted by molar-refractivity contribution is -0.121. The average molecular weight is 402 g/mol. The SMILES string of the molecule is C=C(C)OCc1c(-c2cc(F)cc(F)c2OC)ccc2c1N(C)C(=O)C(C)(C)N2. The average Bonchev–Trinajstić information content (AvgIpc) is 2.63. The lowest BCUT2D eigenvalue weighted by Crippen LogP contribution is -2.52. The molecule has 0 unspecified atom stereocenters. The first-order valence-corrected chi connectivity index (χ1v) is 9.10. The number of benzene rings is 2. The Hall–Kier alpha value is -3.09. The van der Waals surface area contributed by atoms with Crippen LogP contribution in [0.4, 0.5) is 20.2 Å². The number of anilines is 2. The number of rotatable bonds is 5. The number of amides is 1. The molecule has 0 bridgehead atoms. The maximum Gasteiger partial charge on any atom is 0.251 e. The second-order valence-corrected chi connectivity index (χ2v) is 7.56. The van der Waals surface area contributed by atoms with Gasteiger partial charge in [0.1, 0.15) is 18.0 Å². The highest BCUT2D eigenvalue weighted by Crippen LogP contribution is 2.45. The minimum atomic E-state index is -0.810. The Bertz CT molecular complexity index is 1000. The lowest BCUT2D eigenvalue weighted by Gasteiger charge is -2.39. The van der Waals surface area contributed by atoms with Crippen molar-refractivity contribution in [3.63, 3.8) is 0 Å². The van der Waals surface area contributed by atoms with Crippen LogP contribution in [0.2, 0.25) is 0 Å². The normalized spacial score (nSPS) is 14.9. The second kappa shape index (κ2) is 7.39. The Labute approximate surface area is 168 Å². The van der Waals surface area contributed by atoms with E-state index in [9.17, 15) is 13.6 Å². The molecule has 5 nitrogen and oxygen atoms in total. The van der Waals surface area contributed by atoms with Crippen LogP contribution in [0.5, 0.6) is 5.75 Å². The predicted octanol–water partition coefficient (Wildman–Crippen LogP) is 4.86. The van der Waals surface area contributed by atoms with Crippen molar-refractivity contribution < 1.29 is 23.0 Å². The highest BCUT2D eigenvalue weighted by Gasteiger charge is 2.38. The van der Waals surface area contributed by atoms with E-state index in [-0.39, 0.29) is 23.8 Å². The zero-order valence-electron chi connectivity index (χ0n) is 17.2. The van der Waals surface area contributed by atoms with E-state index in [0.29, 0.717) is 22.6 Å². The van der Waals surface area contributed by atoms with Crippen LogP contribution in [0.15, 0.2) is 36.6 Å². The van der Waals surface area contributed by atoms with E-state index >= 15 is 0 Å². The van der Waals surface area contributed by atoms with Gasteiger partial charge >= 0.3 is 0 Å². The van der Waals surface area contributed by atoms with Gasteiger partial charge in [-0.05, 0) is 38.5 Å². The molecule has 29 heavy (non-hydrogen) atoms. The molecule has 2 aromatic rings. The molecule has 0 aromatic heterocycles. The Kier molecular flexibility index (Phi) is 5.26. The molecule has 0 atom stereocenters. The van der Waals surface area contributed by atoms with Gasteiger partial charge in [0.15, 0.2) is 11.6 Å². The molecule has 3 rings (SSSR count). The summed E-state index contributed by atoms with van der Waals surface area (Å²) in [5, 5.41) is 3.23. The topological polar surface area (TPSA) is 50.8 Å². The van der Waals surface area contributed by atoms with Gasteiger partial charge in [0.2, 0.25) is 0 Å². The summed E-state index contributed by atoms with van der Waals surface area (Å²) in [5.74, 6) is -1.29. The van der Waals surface area contributed by atoms with Crippen LogP contribution >= 0.6 is 0 Å². The van der Waals surface area contributed by atoms with E-state index in [1.54, 1.807) is 40.0 Å². The van der Waals surface area contributed by atoms with Gasteiger partial charge < -0.3 is 19.7 Å². The Balaban J connectivity index is 2.30. The molecule has 7 heteroatoms. The van der Waals surface area contributed by atoms with Crippen LogP contribution in [-0.2, 0) is 16.1 Å². The van der Waals surface area contributed by atoms with E-state index in [4.69, 9.17) is 9.47 Å². The van der Waals surface area contributed by atoms with Crippen molar-refractivity contribution in [1.82, 2.24) is 0 Å².